The summed E-state index contributed by atoms with van der Waals surface area (Å²) in [6, 6.07) is 7.13. The Kier molecular flexibility index (Phi) is 3.69. The topological polar surface area (TPSA) is 55.1 Å². The average Bonchev–Trinajstić information content (AvgIpc) is 2.27. The lowest BCUT2D eigenvalue weighted by Gasteiger charge is -2.40. The van der Waals surface area contributed by atoms with Crippen LogP contribution in [0.5, 0.6) is 0 Å². The number of carbonyl (C=O) groups excluding carboxylic acids is 1. The molecule has 17 heavy (non-hydrogen) atoms. The van der Waals surface area contributed by atoms with E-state index in [0.717, 1.165) is 18.5 Å². The largest absolute Gasteiger partial charge is 0.330 e. The molecule has 0 saturated heterocycles. The summed E-state index contributed by atoms with van der Waals surface area (Å²) in [5.74, 6) is 0.0393. The van der Waals surface area contributed by atoms with Crippen LogP contribution in [0.25, 0.3) is 0 Å². The van der Waals surface area contributed by atoms with Gasteiger partial charge in [0.2, 0.25) is 5.91 Å². The lowest BCUT2D eigenvalue weighted by Crippen LogP contribution is -2.40. The lowest BCUT2D eigenvalue weighted by molar-refractivity contribution is -0.119. The third-order valence-corrected chi connectivity index (χ3v) is 3.76. The normalized spacial score (nSPS) is 17.3. The zero-order valence-corrected chi connectivity index (χ0v) is 10.5. The number of benzene rings is 1. The predicted molar refractivity (Wildman–Crippen MR) is 70.0 cm³/mol. The molecule has 1 amide bonds. The van der Waals surface area contributed by atoms with E-state index in [1.165, 1.54) is 6.42 Å². The Balaban J connectivity index is 1.91. The molecule has 1 fully saturated rings. The second-order valence-electron chi connectivity index (χ2n) is 4.79. The van der Waals surface area contributed by atoms with Crippen LogP contribution in [0, 0.1) is 5.41 Å². The summed E-state index contributed by atoms with van der Waals surface area (Å²) in [4.78, 5) is 11.9. The number of rotatable bonds is 4. The number of carbonyl (C=O) groups is 1. The van der Waals surface area contributed by atoms with Gasteiger partial charge in [-0.1, -0.05) is 18.0 Å². The molecule has 1 saturated carbocycles. The van der Waals surface area contributed by atoms with E-state index in [2.05, 4.69) is 5.32 Å². The van der Waals surface area contributed by atoms with Gasteiger partial charge in [0.15, 0.2) is 0 Å². The highest BCUT2D eigenvalue weighted by molar-refractivity contribution is 6.30. The number of amides is 1. The molecule has 0 heterocycles. The summed E-state index contributed by atoms with van der Waals surface area (Å²) in [6.07, 6.45) is 3.84. The van der Waals surface area contributed by atoms with Crippen molar-refractivity contribution in [3.8, 4) is 0 Å². The van der Waals surface area contributed by atoms with Crippen LogP contribution < -0.4 is 11.1 Å². The fraction of sp³-hybridized carbons (Fsp3) is 0.462. The Morgan fingerprint density at radius 2 is 2.00 bits per heavy atom. The molecule has 0 atom stereocenters. The third-order valence-electron chi connectivity index (χ3n) is 3.51. The first kappa shape index (κ1) is 12.4. The molecule has 3 N–H and O–H groups in total. The van der Waals surface area contributed by atoms with Gasteiger partial charge in [-0.15, -0.1) is 0 Å². The molecule has 0 aromatic heterocycles. The lowest BCUT2D eigenvalue weighted by atomic mass is 9.66. The quantitative estimate of drug-likeness (QED) is 0.866. The summed E-state index contributed by atoms with van der Waals surface area (Å²) < 4.78 is 0. The van der Waals surface area contributed by atoms with Crippen molar-refractivity contribution < 1.29 is 4.79 Å². The first-order chi connectivity index (χ1) is 8.13. The predicted octanol–water partition coefficient (Wildman–Crippen LogP) is 2.80. The Morgan fingerprint density at radius 1 is 1.35 bits per heavy atom. The zero-order valence-electron chi connectivity index (χ0n) is 9.71. The molecule has 1 aliphatic carbocycles. The number of nitrogens with two attached hydrogens (primary N) is 1. The monoisotopic (exact) mass is 252 g/mol. The van der Waals surface area contributed by atoms with E-state index >= 15 is 0 Å². The van der Waals surface area contributed by atoms with Gasteiger partial charge in [0.05, 0.1) is 0 Å². The van der Waals surface area contributed by atoms with Gasteiger partial charge in [0.25, 0.3) is 0 Å². The highest BCUT2D eigenvalue weighted by atomic mass is 35.5. The fourth-order valence-corrected chi connectivity index (χ4v) is 2.33. The molecule has 2 rings (SSSR count). The van der Waals surface area contributed by atoms with Gasteiger partial charge in [-0.2, -0.15) is 0 Å². The maximum atomic E-state index is 11.9. The van der Waals surface area contributed by atoms with Crippen molar-refractivity contribution in [3.63, 3.8) is 0 Å². The van der Waals surface area contributed by atoms with Crippen molar-refractivity contribution in [2.45, 2.75) is 25.7 Å². The highest BCUT2D eigenvalue weighted by Gasteiger charge is 2.37. The van der Waals surface area contributed by atoms with Gasteiger partial charge in [0, 0.05) is 17.1 Å². The Labute approximate surface area is 106 Å². The molecule has 4 heteroatoms. The van der Waals surface area contributed by atoms with Gasteiger partial charge in [-0.05, 0) is 49.1 Å². The van der Waals surface area contributed by atoms with Gasteiger partial charge >= 0.3 is 0 Å². The SMILES string of the molecule is NCC1(CC(=O)Nc2ccc(Cl)cc2)CCC1. The van der Waals surface area contributed by atoms with Gasteiger partial charge in [-0.3, -0.25) is 4.79 Å². The van der Waals surface area contributed by atoms with Crippen LogP contribution >= 0.6 is 11.6 Å². The number of halogens is 1. The van der Waals surface area contributed by atoms with Gasteiger partial charge in [0.1, 0.15) is 0 Å². The van der Waals surface area contributed by atoms with Crippen LogP contribution in [0.15, 0.2) is 24.3 Å². The van der Waals surface area contributed by atoms with Gasteiger partial charge in [-0.25, -0.2) is 0 Å². The number of nitrogens with one attached hydrogen (secondary N) is 1. The van der Waals surface area contributed by atoms with E-state index in [1.807, 2.05) is 0 Å². The number of hydrogen-bond donors (Lipinski definition) is 2. The number of anilines is 1. The first-order valence-electron chi connectivity index (χ1n) is 5.89. The maximum absolute atomic E-state index is 11.9. The van der Waals surface area contributed by atoms with Crippen molar-refractivity contribution in [1.82, 2.24) is 0 Å². The maximum Gasteiger partial charge on any atom is 0.224 e. The molecule has 3 nitrogen and oxygen atoms in total. The second-order valence-corrected chi connectivity index (χ2v) is 5.23. The minimum Gasteiger partial charge on any atom is -0.330 e. The Bertz CT molecular complexity index is 393. The van der Waals surface area contributed by atoms with E-state index in [9.17, 15) is 4.79 Å². The third kappa shape index (κ3) is 2.99. The molecular formula is C13H17ClN2O. The molecule has 0 radical (unpaired) electrons. The standard InChI is InChI=1S/C13H17ClN2O/c14-10-2-4-11(5-3-10)16-12(17)8-13(9-15)6-1-7-13/h2-5H,1,6-9,15H2,(H,16,17). The van der Waals surface area contributed by atoms with Crippen molar-refractivity contribution in [2.75, 3.05) is 11.9 Å². The zero-order chi connectivity index (χ0) is 12.3. The molecule has 0 spiro atoms. The van der Waals surface area contributed by atoms with Crippen molar-refractivity contribution >= 4 is 23.2 Å². The first-order valence-corrected chi connectivity index (χ1v) is 6.27. The minimum atomic E-state index is 0.0393. The minimum absolute atomic E-state index is 0.0393. The fourth-order valence-electron chi connectivity index (χ4n) is 2.21. The summed E-state index contributed by atoms with van der Waals surface area (Å²) >= 11 is 5.78. The van der Waals surface area contributed by atoms with E-state index < -0.39 is 0 Å². The van der Waals surface area contributed by atoms with E-state index in [-0.39, 0.29) is 11.3 Å². The summed E-state index contributed by atoms with van der Waals surface area (Å²) in [5, 5.41) is 3.54. The molecule has 0 bridgehead atoms. The Hall–Kier alpha value is -1.06. The molecule has 1 aliphatic rings. The average molecular weight is 253 g/mol. The van der Waals surface area contributed by atoms with Crippen LogP contribution in [0.2, 0.25) is 5.02 Å². The highest BCUT2D eigenvalue weighted by Crippen LogP contribution is 2.43. The smallest absolute Gasteiger partial charge is 0.224 e. The molecule has 92 valence electrons. The second kappa shape index (κ2) is 5.07. The van der Waals surface area contributed by atoms with Gasteiger partial charge < -0.3 is 11.1 Å². The number of hydrogen-bond acceptors (Lipinski definition) is 2. The van der Waals surface area contributed by atoms with E-state index in [1.54, 1.807) is 24.3 Å². The van der Waals surface area contributed by atoms with Crippen LogP contribution in [0.4, 0.5) is 5.69 Å². The van der Waals surface area contributed by atoms with Crippen LogP contribution in [0.3, 0.4) is 0 Å². The molecule has 1 aromatic rings. The molecule has 0 unspecified atom stereocenters. The summed E-state index contributed by atoms with van der Waals surface area (Å²) in [5.41, 5.74) is 6.57. The van der Waals surface area contributed by atoms with Crippen LogP contribution in [0.1, 0.15) is 25.7 Å². The van der Waals surface area contributed by atoms with E-state index in [4.69, 9.17) is 17.3 Å². The van der Waals surface area contributed by atoms with Crippen LogP contribution in [-0.4, -0.2) is 12.5 Å². The van der Waals surface area contributed by atoms with E-state index in [0.29, 0.717) is 18.0 Å². The Morgan fingerprint density at radius 3 is 2.47 bits per heavy atom. The van der Waals surface area contributed by atoms with Crippen molar-refractivity contribution in [3.05, 3.63) is 29.3 Å². The molecular weight excluding hydrogens is 236 g/mol. The van der Waals surface area contributed by atoms with Crippen LogP contribution in [-0.2, 0) is 4.79 Å². The van der Waals surface area contributed by atoms with Crippen molar-refractivity contribution in [1.29, 1.82) is 0 Å². The van der Waals surface area contributed by atoms with Crippen molar-refractivity contribution in [2.24, 2.45) is 11.1 Å². The summed E-state index contributed by atoms with van der Waals surface area (Å²) in [6.45, 7) is 0.598. The molecule has 0 aliphatic heterocycles. The molecule has 1 aromatic carbocycles. The summed E-state index contributed by atoms with van der Waals surface area (Å²) in [7, 11) is 0.